The summed E-state index contributed by atoms with van der Waals surface area (Å²) < 4.78 is 0.244. The van der Waals surface area contributed by atoms with Crippen molar-refractivity contribution in [1.82, 2.24) is 4.90 Å². The van der Waals surface area contributed by atoms with Crippen LogP contribution in [0.3, 0.4) is 0 Å². The molecule has 116 valence electrons. The summed E-state index contributed by atoms with van der Waals surface area (Å²) in [5.41, 5.74) is 1.03. The molecule has 0 saturated carbocycles. The lowest BCUT2D eigenvalue weighted by molar-refractivity contribution is -0.119. The predicted octanol–water partition coefficient (Wildman–Crippen LogP) is 3.26. The summed E-state index contributed by atoms with van der Waals surface area (Å²) in [6.45, 7) is 5.02. The first-order valence-electron chi connectivity index (χ1n) is 7.55. The maximum Gasteiger partial charge on any atom is 0.241 e. The van der Waals surface area contributed by atoms with E-state index >= 15 is 0 Å². The molecule has 3 nitrogen and oxygen atoms in total. The normalized spacial score (nSPS) is 21.3. The van der Waals surface area contributed by atoms with Crippen LogP contribution in [0.2, 0.25) is 0 Å². The minimum Gasteiger partial charge on any atom is -0.308 e. The van der Waals surface area contributed by atoms with Gasteiger partial charge in [0.05, 0.1) is 6.54 Å². The molecule has 0 N–H and O–H groups in total. The van der Waals surface area contributed by atoms with Crippen LogP contribution in [0.25, 0.3) is 0 Å². The Bertz CT molecular complexity index is 473. The van der Waals surface area contributed by atoms with E-state index in [0.717, 1.165) is 24.3 Å². The van der Waals surface area contributed by atoms with Gasteiger partial charge in [-0.15, -0.1) is 0 Å². The fraction of sp³-hybridized carbons (Fsp3) is 0.588. The van der Waals surface area contributed by atoms with Gasteiger partial charge in [0.25, 0.3) is 0 Å². The van der Waals surface area contributed by atoms with Crippen LogP contribution in [0.4, 0.5) is 5.69 Å². The second-order valence-electron chi connectivity index (χ2n) is 6.59. The van der Waals surface area contributed by atoms with Gasteiger partial charge in [0, 0.05) is 16.5 Å². The van der Waals surface area contributed by atoms with E-state index < -0.39 is 0 Å². The molecule has 0 aromatic heterocycles. The Morgan fingerprint density at radius 1 is 1.29 bits per heavy atom. The molecule has 1 aliphatic rings. The minimum atomic E-state index is 0.193. The van der Waals surface area contributed by atoms with Crippen molar-refractivity contribution in [1.29, 1.82) is 0 Å². The highest BCUT2D eigenvalue weighted by molar-refractivity contribution is 8.00. The van der Waals surface area contributed by atoms with Gasteiger partial charge < -0.3 is 9.80 Å². The number of hydrogen-bond donors (Lipinski definition) is 0. The molecule has 2 rings (SSSR count). The molecule has 1 atom stereocenters. The van der Waals surface area contributed by atoms with Crippen LogP contribution < -0.4 is 4.90 Å². The Morgan fingerprint density at radius 3 is 2.52 bits per heavy atom. The van der Waals surface area contributed by atoms with Crippen LogP contribution in [0.1, 0.15) is 26.7 Å². The Hall–Kier alpha value is -1.00. The van der Waals surface area contributed by atoms with Gasteiger partial charge in [0.2, 0.25) is 5.91 Å². The summed E-state index contributed by atoms with van der Waals surface area (Å²) in [4.78, 5) is 16.7. The van der Waals surface area contributed by atoms with Crippen LogP contribution in [-0.2, 0) is 4.79 Å². The molecular formula is C17H26N2OS. The fourth-order valence-corrected chi connectivity index (χ4v) is 4.17. The molecule has 1 aromatic carbocycles. The first kappa shape index (κ1) is 16.4. The lowest BCUT2D eigenvalue weighted by Gasteiger charge is -2.41. The number of amides is 1. The number of carbonyl (C=O) groups is 1. The molecule has 1 fully saturated rings. The van der Waals surface area contributed by atoms with Crippen molar-refractivity contribution < 1.29 is 4.79 Å². The third-order valence-electron chi connectivity index (χ3n) is 3.79. The molecule has 1 aromatic rings. The smallest absolute Gasteiger partial charge is 0.241 e. The third kappa shape index (κ3) is 4.48. The van der Waals surface area contributed by atoms with Gasteiger partial charge in [0.1, 0.15) is 0 Å². The summed E-state index contributed by atoms with van der Waals surface area (Å²) in [6, 6.07) is 10.4. The average molecular weight is 306 g/mol. The average Bonchev–Trinajstić information content (AvgIpc) is 2.38. The van der Waals surface area contributed by atoms with Gasteiger partial charge in [-0.2, -0.15) is 11.8 Å². The number of carbonyl (C=O) groups excluding carboxylic acids is 1. The van der Waals surface area contributed by atoms with Crippen molar-refractivity contribution in [2.75, 3.05) is 31.3 Å². The monoisotopic (exact) mass is 306 g/mol. The molecule has 0 radical (unpaired) electrons. The largest absolute Gasteiger partial charge is 0.308 e. The van der Waals surface area contributed by atoms with Crippen LogP contribution in [-0.4, -0.2) is 48.0 Å². The lowest BCUT2D eigenvalue weighted by atomic mass is 9.97. The number of anilines is 1. The van der Waals surface area contributed by atoms with Gasteiger partial charge in [-0.3, -0.25) is 4.79 Å². The number of hydrogen-bond acceptors (Lipinski definition) is 3. The topological polar surface area (TPSA) is 23.6 Å². The Morgan fingerprint density at radius 2 is 1.95 bits per heavy atom. The second kappa shape index (κ2) is 6.84. The standard InChI is InChI=1S/C17H26N2OS/c1-17(2)12-15(10-11-21-17)19(16(20)13-18(3)4)14-8-6-5-7-9-14/h5-9,15H,10-13H2,1-4H3. The summed E-state index contributed by atoms with van der Waals surface area (Å²) in [5.74, 6) is 1.31. The summed E-state index contributed by atoms with van der Waals surface area (Å²) >= 11 is 2.01. The van der Waals surface area contributed by atoms with E-state index in [1.54, 1.807) is 0 Å². The molecule has 1 heterocycles. The van der Waals surface area contributed by atoms with E-state index in [-0.39, 0.29) is 10.7 Å². The molecule has 1 aliphatic heterocycles. The first-order valence-corrected chi connectivity index (χ1v) is 8.53. The third-order valence-corrected chi connectivity index (χ3v) is 5.18. The lowest BCUT2D eigenvalue weighted by Crippen LogP contribution is -2.48. The molecule has 0 bridgehead atoms. The molecule has 1 saturated heterocycles. The molecule has 1 amide bonds. The van der Waals surface area contributed by atoms with Crippen LogP contribution >= 0.6 is 11.8 Å². The van der Waals surface area contributed by atoms with Gasteiger partial charge in [-0.05, 0) is 44.8 Å². The predicted molar refractivity (Wildman–Crippen MR) is 92.0 cm³/mol. The highest BCUT2D eigenvalue weighted by Gasteiger charge is 2.34. The van der Waals surface area contributed by atoms with E-state index in [0.29, 0.717) is 12.6 Å². The molecule has 0 spiro atoms. The van der Waals surface area contributed by atoms with Crippen LogP contribution in [0, 0.1) is 0 Å². The second-order valence-corrected chi connectivity index (χ2v) is 8.39. The van der Waals surface area contributed by atoms with Crippen molar-refractivity contribution in [3.8, 4) is 0 Å². The Kier molecular flexibility index (Phi) is 5.33. The van der Waals surface area contributed by atoms with E-state index in [9.17, 15) is 4.79 Å². The maximum absolute atomic E-state index is 12.7. The van der Waals surface area contributed by atoms with Crippen molar-refractivity contribution in [3.63, 3.8) is 0 Å². The highest BCUT2D eigenvalue weighted by Crippen LogP contribution is 2.38. The number of thioether (sulfide) groups is 1. The Balaban J connectivity index is 2.25. The molecule has 0 aliphatic carbocycles. The van der Waals surface area contributed by atoms with E-state index in [1.807, 2.05) is 66.0 Å². The number of para-hydroxylation sites is 1. The number of rotatable bonds is 4. The van der Waals surface area contributed by atoms with Crippen LogP contribution in [0.5, 0.6) is 0 Å². The zero-order valence-corrected chi connectivity index (χ0v) is 14.3. The van der Waals surface area contributed by atoms with Crippen LogP contribution in [0.15, 0.2) is 30.3 Å². The van der Waals surface area contributed by atoms with Gasteiger partial charge in [-0.1, -0.05) is 32.0 Å². The molecule has 21 heavy (non-hydrogen) atoms. The molecule has 1 unspecified atom stereocenters. The number of nitrogens with zero attached hydrogens (tertiary/aromatic N) is 2. The van der Waals surface area contributed by atoms with Crippen molar-refractivity contribution in [2.45, 2.75) is 37.5 Å². The number of benzene rings is 1. The molecular weight excluding hydrogens is 280 g/mol. The van der Waals surface area contributed by atoms with E-state index in [4.69, 9.17) is 0 Å². The van der Waals surface area contributed by atoms with Gasteiger partial charge >= 0.3 is 0 Å². The first-order chi connectivity index (χ1) is 9.89. The quantitative estimate of drug-likeness (QED) is 0.853. The van der Waals surface area contributed by atoms with Crippen molar-refractivity contribution >= 4 is 23.4 Å². The highest BCUT2D eigenvalue weighted by atomic mass is 32.2. The zero-order chi connectivity index (χ0) is 15.5. The zero-order valence-electron chi connectivity index (χ0n) is 13.5. The summed E-state index contributed by atoms with van der Waals surface area (Å²) in [6.07, 6.45) is 2.12. The molecule has 4 heteroatoms. The maximum atomic E-state index is 12.7. The Labute approximate surface area is 132 Å². The van der Waals surface area contributed by atoms with E-state index in [1.165, 1.54) is 0 Å². The summed E-state index contributed by atoms with van der Waals surface area (Å²) in [5, 5.41) is 0. The minimum absolute atomic E-state index is 0.193. The van der Waals surface area contributed by atoms with E-state index in [2.05, 4.69) is 13.8 Å². The van der Waals surface area contributed by atoms with Crippen molar-refractivity contribution in [3.05, 3.63) is 30.3 Å². The SMILES string of the molecule is CN(C)CC(=O)N(c1ccccc1)C1CCSC(C)(C)C1. The van der Waals surface area contributed by atoms with Gasteiger partial charge in [0.15, 0.2) is 0 Å². The van der Waals surface area contributed by atoms with Crippen molar-refractivity contribution in [2.24, 2.45) is 0 Å². The number of likely N-dealkylation sites (N-methyl/N-ethyl adjacent to an activating group) is 1. The summed E-state index contributed by atoms with van der Waals surface area (Å²) in [7, 11) is 3.89. The van der Waals surface area contributed by atoms with Gasteiger partial charge in [-0.25, -0.2) is 0 Å². The fourth-order valence-electron chi connectivity index (χ4n) is 2.91.